The maximum Gasteiger partial charge on any atom is 0.261 e. The van der Waals surface area contributed by atoms with E-state index in [-0.39, 0.29) is 11.8 Å². The predicted octanol–water partition coefficient (Wildman–Crippen LogP) is 2.82. The largest absolute Gasteiger partial charge is 0.385 e. The third-order valence-corrected chi connectivity index (χ3v) is 4.33. The number of hydrogen-bond donors (Lipinski definition) is 1. The molecule has 0 atom stereocenters. The van der Waals surface area contributed by atoms with Crippen LogP contribution >= 0.6 is 0 Å². The zero-order chi connectivity index (χ0) is 17.3. The smallest absolute Gasteiger partial charge is 0.261 e. The van der Waals surface area contributed by atoms with E-state index in [4.69, 9.17) is 0 Å². The first-order chi connectivity index (χ1) is 11.5. The Morgan fingerprint density at radius 2 is 1.75 bits per heavy atom. The molecule has 126 valence electrons. The average molecular weight is 325 g/mol. The van der Waals surface area contributed by atoms with Crippen LogP contribution in [0.1, 0.15) is 34.1 Å². The second-order valence-electron chi connectivity index (χ2n) is 6.38. The third-order valence-electron chi connectivity index (χ3n) is 4.33. The van der Waals surface area contributed by atoms with Crippen molar-refractivity contribution in [2.24, 2.45) is 0 Å². The number of carbonyl (C=O) groups is 2. The molecule has 0 saturated carbocycles. The summed E-state index contributed by atoms with van der Waals surface area (Å²) >= 11 is 0. The highest BCUT2D eigenvalue weighted by Crippen LogP contribution is 2.34. The van der Waals surface area contributed by atoms with Crippen molar-refractivity contribution >= 4 is 28.3 Å². The normalized spacial score (nSPS) is 13.9. The number of nitrogens with zero attached hydrogens (tertiary/aromatic N) is 2. The van der Waals surface area contributed by atoms with Gasteiger partial charge in [-0.25, -0.2) is 0 Å². The van der Waals surface area contributed by atoms with Crippen molar-refractivity contribution in [1.82, 2.24) is 9.80 Å². The van der Waals surface area contributed by atoms with Crippen LogP contribution in [0.5, 0.6) is 0 Å². The molecule has 0 fully saturated rings. The number of benzene rings is 2. The fourth-order valence-corrected chi connectivity index (χ4v) is 3.06. The van der Waals surface area contributed by atoms with Gasteiger partial charge in [0, 0.05) is 47.2 Å². The molecule has 5 heteroatoms. The molecule has 3 rings (SSSR count). The van der Waals surface area contributed by atoms with Gasteiger partial charge < -0.3 is 10.2 Å². The van der Waals surface area contributed by atoms with Gasteiger partial charge in [-0.05, 0) is 38.7 Å². The van der Waals surface area contributed by atoms with Crippen LogP contribution in [0.25, 0.3) is 10.8 Å². The molecule has 0 aliphatic carbocycles. The van der Waals surface area contributed by atoms with Crippen molar-refractivity contribution in [2.45, 2.75) is 13.3 Å². The monoisotopic (exact) mass is 325 g/mol. The molecule has 1 heterocycles. The standard InChI is InChI=1S/C19H23N3O2/c1-4-10-20-16-9-8-15-17-13(16)6-5-7-14(17)18(23)22(19(15)24)12-11-21(2)3/h5-9,20H,4,10-12H2,1-3H3. The van der Waals surface area contributed by atoms with E-state index in [1.54, 1.807) is 0 Å². The Morgan fingerprint density at radius 3 is 2.42 bits per heavy atom. The Balaban J connectivity index is 2.08. The highest BCUT2D eigenvalue weighted by atomic mass is 16.2. The second-order valence-corrected chi connectivity index (χ2v) is 6.38. The summed E-state index contributed by atoms with van der Waals surface area (Å²) in [6, 6.07) is 9.44. The fraction of sp³-hybridized carbons (Fsp3) is 0.368. The van der Waals surface area contributed by atoms with Gasteiger partial charge in [-0.15, -0.1) is 0 Å². The summed E-state index contributed by atoms with van der Waals surface area (Å²) in [6.07, 6.45) is 1.01. The second kappa shape index (κ2) is 6.61. The van der Waals surface area contributed by atoms with Crippen LogP contribution in [-0.2, 0) is 0 Å². The van der Waals surface area contributed by atoms with E-state index in [2.05, 4.69) is 12.2 Å². The van der Waals surface area contributed by atoms with Gasteiger partial charge in [-0.2, -0.15) is 0 Å². The molecule has 1 N–H and O–H groups in total. The number of amides is 2. The first kappa shape index (κ1) is 16.5. The van der Waals surface area contributed by atoms with E-state index in [9.17, 15) is 9.59 Å². The first-order valence-electron chi connectivity index (χ1n) is 8.35. The fourth-order valence-electron chi connectivity index (χ4n) is 3.06. The molecule has 1 aliphatic heterocycles. The Bertz CT molecular complexity index is 776. The van der Waals surface area contributed by atoms with Crippen LogP contribution in [0.3, 0.4) is 0 Å². The Hall–Kier alpha value is -2.40. The molecular weight excluding hydrogens is 302 g/mol. The zero-order valence-electron chi connectivity index (χ0n) is 14.4. The molecule has 0 spiro atoms. The lowest BCUT2D eigenvalue weighted by molar-refractivity contribution is 0.0601. The third kappa shape index (κ3) is 2.76. The minimum absolute atomic E-state index is 0.201. The highest BCUT2D eigenvalue weighted by Gasteiger charge is 2.32. The van der Waals surface area contributed by atoms with Gasteiger partial charge in [0.15, 0.2) is 0 Å². The summed E-state index contributed by atoms with van der Waals surface area (Å²) < 4.78 is 0. The Morgan fingerprint density at radius 1 is 1.04 bits per heavy atom. The van der Waals surface area contributed by atoms with Gasteiger partial charge in [0.25, 0.3) is 11.8 Å². The maximum absolute atomic E-state index is 12.8. The van der Waals surface area contributed by atoms with Crippen molar-refractivity contribution in [3.63, 3.8) is 0 Å². The van der Waals surface area contributed by atoms with E-state index in [1.807, 2.05) is 49.3 Å². The van der Waals surface area contributed by atoms with Gasteiger partial charge in [0.1, 0.15) is 0 Å². The summed E-state index contributed by atoms with van der Waals surface area (Å²) in [4.78, 5) is 29.0. The maximum atomic E-state index is 12.8. The van der Waals surface area contributed by atoms with Crippen LogP contribution in [0.15, 0.2) is 30.3 Å². The highest BCUT2D eigenvalue weighted by molar-refractivity contribution is 6.26. The van der Waals surface area contributed by atoms with Gasteiger partial charge >= 0.3 is 0 Å². The quantitative estimate of drug-likeness (QED) is 0.830. The lowest BCUT2D eigenvalue weighted by atomic mass is 9.93. The summed E-state index contributed by atoms with van der Waals surface area (Å²) in [7, 11) is 3.86. The van der Waals surface area contributed by atoms with E-state index >= 15 is 0 Å². The SMILES string of the molecule is CCCNc1ccc2c3c(cccc13)C(=O)N(CCN(C)C)C2=O. The number of anilines is 1. The van der Waals surface area contributed by atoms with Gasteiger partial charge in [-0.3, -0.25) is 14.5 Å². The topological polar surface area (TPSA) is 52.7 Å². The van der Waals surface area contributed by atoms with E-state index < -0.39 is 0 Å². The Labute approximate surface area is 142 Å². The molecule has 24 heavy (non-hydrogen) atoms. The Kier molecular flexibility index (Phi) is 4.53. The average Bonchev–Trinajstić information content (AvgIpc) is 2.57. The molecule has 0 saturated heterocycles. The molecule has 0 aromatic heterocycles. The number of hydrogen-bond acceptors (Lipinski definition) is 4. The number of carbonyl (C=O) groups excluding carboxylic acids is 2. The van der Waals surface area contributed by atoms with Gasteiger partial charge in [-0.1, -0.05) is 19.1 Å². The molecule has 0 radical (unpaired) electrons. The van der Waals surface area contributed by atoms with Crippen LogP contribution in [0, 0.1) is 0 Å². The van der Waals surface area contributed by atoms with Gasteiger partial charge in [0.05, 0.1) is 0 Å². The molecule has 1 aliphatic rings. The minimum Gasteiger partial charge on any atom is -0.385 e. The number of rotatable bonds is 6. The molecule has 2 amide bonds. The van der Waals surface area contributed by atoms with Gasteiger partial charge in [0.2, 0.25) is 0 Å². The predicted molar refractivity (Wildman–Crippen MR) is 96.6 cm³/mol. The van der Waals surface area contributed by atoms with Crippen molar-refractivity contribution in [2.75, 3.05) is 39.0 Å². The molecule has 0 bridgehead atoms. The number of likely N-dealkylation sites (N-methyl/N-ethyl adjacent to an activating group) is 1. The molecule has 5 nitrogen and oxygen atoms in total. The van der Waals surface area contributed by atoms with Crippen molar-refractivity contribution in [3.05, 3.63) is 41.5 Å². The molecular formula is C19H23N3O2. The number of nitrogens with one attached hydrogen (secondary N) is 1. The molecule has 2 aromatic carbocycles. The van der Waals surface area contributed by atoms with Crippen LogP contribution in [0.4, 0.5) is 5.69 Å². The molecule has 0 unspecified atom stereocenters. The summed E-state index contributed by atoms with van der Waals surface area (Å²) in [5.74, 6) is -0.403. The first-order valence-corrected chi connectivity index (χ1v) is 8.35. The molecule has 2 aromatic rings. The van der Waals surface area contributed by atoms with E-state index in [1.165, 1.54) is 4.90 Å². The zero-order valence-corrected chi connectivity index (χ0v) is 14.4. The van der Waals surface area contributed by atoms with Crippen molar-refractivity contribution in [1.29, 1.82) is 0 Å². The van der Waals surface area contributed by atoms with Crippen molar-refractivity contribution < 1.29 is 9.59 Å². The van der Waals surface area contributed by atoms with Crippen molar-refractivity contribution in [3.8, 4) is 0 Å². The van der Waals surface area contributed by atoms with E-state index in [0.29, 0.717) is 24.2 Å². The minimum atomic E-state index is -0.201. The summed E-state index contributed by atoms with van der Waals surface area (Å²) in [5, 5.41) is 5.09. The summed E-state index contributed by atoms with van der Waals surface area (Å²) in [5.41, 5.74) is 2.20. The van der Waals surface area contributed by atoms with E-state index in [0.717, 1.165) is 29.4 Å². The lowest BCUT2D eigenvalue weighted by Gasteiger charge is -2.28. The number of imide groups is 1. The van der Waals surface area contributed by atoms with Crippen LogP contribution in [0.2, 0.25) is 0 Å². The van der Waals surface area contributed by atoms with Crippen LogP contribution in [-0.4, -0.2) is 55.3 Å². The lowest BCUT2D eigenvalue weighted by Crippen LogP contribution is -2.43. The van der Waals surface area contributed by atoms with Crippen LogP contribution < -0.4 is 5.32 Å². The summed E-state index contributed by atoms with van der Waals surface area (Å²) in [6.45, 7) is 4.01.